The minimum atomic E-state index is -2.34. The van der Waals surface area contributed by atoms with Crippen LogP contribution < -0.4 is 10.6 Å². The molecule has 0 amide bonds. The molecule has 2 N–H and O–H groups in total. The van der Waals surface area contributed by atoms with Crippen LogP contribution in [0.3, 0.4) is 0 Å². The molecule has 5 heteroatoms. The van der Waals surface area contributed by atoms with E-state index in [9.17, 15) is 8.78 Å². The first kappa shape index (κ1) is 11.2. The Labute approximate surface area is 89.8 Å². The van der Waals surface area contributed by atoms with Crippen LogP contribution in [0, 0.1) is 0 Å². The number of hydrogen-bond donors (Lipinski definition) is 1. The average molecular weight is 265 g/mol. The highest BCUT2D eigenvalue weighted by molar-refractivity contribution is 9.10. The van der Waals surface area contributed by atoms with Crippen molar-refractivity contribution in [1.29, 1.82) is 0 Å². The van der Waals surface area contributed by atoms with Crippen molar-refractivity contribution in [3.63, 3.8) is 0 Å². The molecule has 0 aliphatic rings. The summed E-state index contributed by atoms with van der Waals surface area (Å²) >= 11 is 3.27. The van der Waals surface area contributed by atoms with Crippen LogP contribution in [0.25, 0.3) is 0 Å². The highest BCUT2D eigenvalue weighted by Gasteiger charge is 2.10. The van der Waals surface area contributed by atoms with Gasteiger partial charge in [-0.1, -0.05) is 0 Å². The normalized spacial score (nSPS) is 10.6. The topological polar surface area (TPSA) is 29.3 Å². The first-order valence-electron chi connectivity index (χ1n) is 4.05. The minimum absolute atomic E-state index is 0.289. The molecule has 0 radical (unpaired) electrons. The molecule has 1 rings (SSSR count). The molecular formula is C9H11BrF2N2. The second-order valence-corrected chi connectivity index (χ2v) is 3.84. The summed E-state index contributed by atoms with van der Waals surface area (Å²) in [6, 6.07) is 5.08. The zero-order chi connectivity index (χ0) is 10.7. The van der Waals surface area contributed by atoms with Crippen molar-refractivity contribution < 1.29 is 8.78 Å². The van der Waals surface area contributed by atoms with Crippen LogP contribution in [0.5, 0.6) is 0 Å². The van der Waals surface area contributed by atoms with E-state index in [1.54, 1.807) is 25.2 Å². The number of nitrogen functional groups attached to an aromatic ring is 1. The lowest BCUT2D eigenvalue weighted by molar-refractivity contribution is 0.156. The monoisotopic (exact) mass is 264 g/mol. The van der Waals surface area contributed by atoms with E-state index < -0.39 is 6.43 Å². The standard InChI is InChI=1S/C9H11BrF2N2/c1-14(5-9(11)12)8-3-2-6(13)4-7(8)10/h2-4,9H,5,13H2,1H3. The van der Waals surface area contributed by atoms with E-state index in [2.05, 4.69) is 15.9 Å². The maximum Gasteiger partial charge on any atom is 0.255 e. The molecule has 0 saturated heterocycles. The summed E-state index contributed by atoms with van der Waals surface area (Å²) < 4.78 is 24.9. The molecule has 0 aliphatic heterocycles. The van der Waals surface area contributed by atoms with Gasteiger partial charge in [0.05, 0.1) is 12.2 Å². The molecule has 1 aromatic carbocycles. The van der Waals surface area contributed by atoms with Gasteiger partial charge in [-0.2, -0.15) is 0 Å². The lowest BCUT2D eigenvalue weighted by atomic mass is 10.2. The van der Waals surface area contributed by atoms with E-state index in [0.717, 1.165) is 4.47 Å². The fraction of sp³-hybridized carbons (Fsp3) is 0.333. The molecule has 0 bridgehead atoms. The third kappa shape index (κ3) is 2.83. The minimum Gasteiger partial charge on any atom is -0.399 e. The maximum absolute atomic E-state index is 12.1. The Hall–Kier alpha value is -0.840. The zero-order valence-electron chi connectivity index (χ0n) is 7.67. The highest BCUT2D eigenvalue weighted by atomic mass is 79.9. The Morgan fingerprint density at radius 3 is 2.64 bits per heavy atom. The third-order valence-electron chi connectivity index (χ3n) is 1.79. The molecule has 0 atom stereocenters. The summed E-state index contributed by atoms with van der Waals surface area (Å²) in [5.74, 6) is 0. The van der Waals surface area contributed by atoms with Gasteiger partial charge in [-0.3, -0.25) is 0 Å². The molecule has 14 heavy (non-hydrogen) atoms. The van der Waals surface area contributed by atoms with Crippen LogP contribution in [-0.2, 0) is 0 Å². The molecule has 0 heterocycles. The summed E-state index contributed by atoms with van der Waals surface area (Å²) in [6.45, 7) is -0.289. The van der Waals surface area contributed by atoms with Crippen molar-refractivity contribution in [3.8, 4) is 0 Å². The molecule has 0 aliphatic carbocycles. The van der Waals surface area contributed by atoms with Crippen molar-refractivity contribution in [2.24, 2.45) is 0 Å². The van der Waals surface area contributed by atoms with Crippen LogP contribution >= 0.6 is 15.9 Å². The Balaban J connectivity index is 2.84. The van der Waals surface area contributed by atoms with E-state index in [1.807, 2.05) is 0 Å². The Bertz CT molecular complexity index is 318. The SMILES string of the molecule is CN(CC(F)F)c1ccc(N)cc1Br. The molecular weight excluding hydrogens is 254 g/mol. The van der Waals surface area contributed by atoms with E-state index >= 15 is 0 Å². The van der Waals surface area contributed by atoms with Crippen molar-refractivity contribution in [2.75, 3.05) is 24.2 Å². The lowest BCUT2D eigenvalue weighted by Crippen LogP contribution is -2.24. The number of benzene rings is 1. The van der Waals surface area contributed by atoms with Gasteiger partial charge in [0, 0.05) is 17.2 Å². The van der Waals surface area contributed by atoms with Gasteiger partial charge in [0.1, 0.15) is 0 Å². The van der Waals surface area contributed by atoms with Crippen LogP contribution in [0.2, 0.25) is 0 Å². The summed E-state index contributed by atoms with van der Waals surface area (Å²) in [5, 5.41) is 0. The zero-order valence-corrected chi connectivity index (χ0v) is 9.26. The first-order chi connectivity index (χ1) is 6.50. The average Bonchev–Trinajstić information content (AvgIpc) is 2.01. The highest BCUT2D eigenvalue weighted by Crippen LogP contribution is 2.27. The van der Waals surface area contributed by atoms with Crippen molar-refractivity contribution in [3.05, 3.63) is 22.7 Å². The quantitative estimate of drug-likeness (QED) is 0.851. The van der Waals surface area contributed by atoms with Crippen LogP contribution in [0.1, 0.15) is 0 Å². The van der Waals surface area contributed by atoms with Gasteiger partial charge < -0.3 is 10.6 Å². The molecule has 78 valence electrons. The van der Waals surface area contributed by atoms with Gasteiger partial charge in [0.15, 0.2) is 0 Å². The lowest BCUT2D eigenvalue weighted by Gasteiger charge is -2.20. The molecule has 0 fully saturated rings. The van der Waals surface area contributed by atoms with Gasteiger partial charge in [-0.25, -0.2) is 8.78 Å². The molecule has 0 unspecified atom stereocenters. The fourth-order valence-corrected chi connectivity index (χ4v) is 1.84. The number of hydrogen-bond acceptors (Lipinski definition) is 2. The summed E-state index contributed by atoms with van der Waals surface area (Å²) in [7, 11) is 1.61. The molecule has 0 spiro atoms. The van der Waals surface area contributed by atoms with Gasteiger partial charge >= 0.3 is 0 Å². The Morgan fingerprint density at radius 1 is 1.50 bits per heavy atom. The third-order valence-corrected chi connectivity index (χ3v) is 2.43. The second-order valence-electron chi connectivity index (χ2n) is 2.98. The summed E-state index contributed by atoms with van der Waals surface area (Å²) in [6.07, 6.45) is -2.34. The number of anilines is 2. The predicted molar refractivity (Wildman–Crippen MR) is 57.8 cm³/mol. The Kier molecular flexibility index (Phi) is 3.69. The molecule has 2 nitrogen and oxygen atoms in total. The van der Waals surface area contributed by atoms with E-state index in [-0.39, 0.29) is 6.54 Å². The van der Waals surface area contributed by atoms with Crippen LogP contribution in [0.15, 0.2) is 22.7 Å². The van der Waals surface area contributed by atoms with E-state index in [1.165, 1.54) is 4.90 Å². The number of alkyl halides is 2. The molecule has 1 aromatic rings. The van der Waals surface area contributed by atoms with E-state index in [4.69, 9.17) is 5.73 Å². The smallest absolute Gasteiger partial charge is 0.255 e. The maximum atomic E-state index is 12.1. The van der Waals surface area contributed by atoms with E-state index in [0.29, 0.717) is 11.4 Å². The van der Waals surface area contributed by atoms with Crippen LogP contribution in [-0.4, -0.2) is 20.0 Å². The van der Waals surface area contributed by atoms with Crippen molar-refractivity contribution in [1.82, 2.24) is 0 Å². The van der Waals surface area contributed by atoms with Gasteiger partial charge in [-0.05, 0) is 34.1 Å². The van der Waals surface area contributed by atoms with Crippen molar-refractivity contribution in [2.45, 2.75) is 6.43 Å². The largest absolute Gasteiger partial charge is 0.399 e. The number of nitrogens with two attached hydrogens (primary N) is 1. The number of halogens is 3. The first-order valence-corrected chi connectivity index (χ1v) is 4.84. The number of nitrogens with zero attached hydrogens (tertiary/aromatic N) is 1. The van der Waals surface area contributed by atoms with Gasteiger partial charge in [0.2, 0.25) is 0 Å². The molecule has 0 aromatic heterocycles. The number of rotatable bonds is 3. The summed E-state index contributed by atoms with van der Waals surface area (Å²) in [4.78, 5) is 1.48. The van der Waals surface area contributed by atoms with Crippen LogP contribution in [0.4, 0.5) is 20.2 Å². The molecule has 0 saturated carbocycles. The fourth-order valence-electron chi connectivity index (χ4n) is 1.14. The van der Waals surface area contributed by atoms with Gasteiger partial charge in [0.25, 0.3) is 6.43 Å². The van der Waals surface area contributed by atoms with Gasteiger partial charge in [-0.15, -0.1) is 0 Å². The summed E-state index contributed by atoms with van der Waals surface area (Å²) in [5.41, 5.74) is 6.84. The second kappa shape index (κ2) is 4.59. The predicted octanol–water partition coefficient (Wildman–Crippen LogP) is 2.73. The Morgan fingerprint density at radius 2 is 2.14 bits per heavy atom. The van der Waals surface area contributed by atoms with Crippen molar-refractivity contribution >= 4 is 27.3 Å².